The summed E-state index contributed by atoms with van der Waals surface area (Å²) in [7, 11) is 0. The van der Waals surface area contributed by atoms with Crippen molar-refractivity contribution < 1.29 is 0 Å². The molecule has 0 unspecified atom stereocenters. The monoisotopic (exact) mass is 479 g/mol. The van der Waals surface area contributed by atoms with E-state index in [4.69, 9.17) is 0 Å². The van der Waals surface area contributed by atoms with Crippen molar-refractivity contribution in [2.75, 3.05) is 13.1 Å². The number of hydrogen-bond donors (Lipinski definition) is 1. The molecule has 0 amide bonds. The molecule has 0 atom stereocenters. The molecule has 1 aromatic heterocycles. The molecule has 4 nitrogen and oxygen atoms in total. The molecule has 4 heteroatoms. The third-order valence-electron chi connectivity index (χ3n) is 8.71. The van der Waals surface area contributed by atoms with E-state index in [1.807, 2.05) is 10.6 Å². The lowest BCUT2D eigenvalue weighted by Crippen LogP contribution is -2.50. The Morgan fingerprint density at radius 3 is 2.14 bits per heavy atom. The second-order valence-electron chi connectivity index (χ2n) is 10.8. The van der Waals surface area contributed by atoms with E-state index in [2.05, 4.69) is 82.7 Å². The van der Waals surface area contributed by atoms with Crippen molar-refractivity contribution >= 4 is 11.0 Å². The largest absolute Gasteiger partial charge is 0.326 e. The lowest BCUT2D eigenvalue weighted by atomic mass is 9.79. The molecular formula is C32H37N3O. The second kappa shape index (κ2) is 10.1. The van der Waals surface area contributed by atoms with Crippen LogP contribution in [0.4, 0.5) is 0 Å². The molecule has 3 aromatic carbocycles. The van der Waals surface area contributed by atoms with Crippen LogP contribution in [0.2, 0.25) is 0 Å². The molecule has 1 saturated heterocycles. The summed E-state index contributed by atoms with van der Waals surface area (Å²) in [5.74, 6) is 0. The Morgan fingerprint density at radius 2 is 1.44 bits per heavy atom. The van der Waals surface area contributed by atoms with Crippen molar-refractivity contribution in [2.45, 2.75) is 69.4 Å². The molecule has 0 bridgehead atoms. The van der Waals surface area contributed by atoms with Gasteiger partial charge in [0.2, 0.25) is 0 Å². The molecule has 2 fully saturated rings. The van der Waals surface area contributed by atoms with Crippen LogP contribution in [-0.2, 0) is 12.0 Å². The van der Waals surface area contributed by atoms with Gasteiger partial charge in [-0.15, -0.1) is 0 Å². The van der Waals surface area contributed by atoms with E-state index in [0.29, 0.717) is 0 Å². The molecular weight excluding hydrogens is 442 g/mol. The minimum atomic E-state index is 0.0348. The summed E-state index contributed by atoms with van der Waals surface area (Å²) in [4.78, 5) is 19.0. The zero-order valence-electron chi connectivity index (χ0n) is 21.2. The van der Waals surface area contributed by atoms with Crippen LogP contribution in [0, 0.1) is 0 Å². The molecule has 6 rings (SSSR count). The Labute approximate surface area is 214 Å². The number of piperidine rings is 1. The summed E-state index contributed by atoms with van der Waals surface area (Å²) in [5, 5.41) is 0. The predicted octanol–water partition coefficient (Wildman–Crippen LogP) is 6.81. The van der Waals surface area contributed by atoms with Gasteiger partial charge in [0.25, 0.3) is 0 Å². The van der Waals surface area contributed by atoms with E-state index in [9.17, 15) is 4.79 Å². The molecule has 0 spiro atoms. The highest BCUT2D eigenvalue weighted by Gasteiger charge is 2.40. The highest BCUT2D eigenvalue weighted by atomic mass is 16.1. The van der Waals surface area contributed by atoms with Gasteiger partial charge in [0.15, 0.2) is 0 Å². The van der Waals surface area contributed by atoms with Gasteiger partial charge in [0.1, 0.15) is 0 Å². The van der Waals surface area contributed by atoms with Crippen molar-refractivity contribution in [2.24, 2.45) is 0 Å². The minimum Gasteiger partial charge on any atom is -0.306 e. The minimum absolute atomic E-state index is 0.0348. The number of H-pyrrole nitrogens is 1. The molecule has 1 aliphatic heterocycles. The Morgan fingerprint density at radius 1 is 0.778 bits per heavy atom. The Bertz CT molecular complexity index is 1340. The fourth-order valence-electron chi connectivity index (χ4n) is 6.88. The van der Waals surface area contributed by atoms with E-state index in [0.717, 1.165) is 43.4 Å². The average molecular weight is 480 g/mol. The maximum Gasteiger partial charge on any atom is 0.326 e. The summed E-state index contributed by atoms with van der Waals surface area (Å²) < 4.78 is 2.04. The van der Waals surface area contributed by atoms with E-state index in [1.165, 1.54) is 55.2 Å². The molecule has 2 aliphatic rings. The van der Waals surface area contributed by atoms with E-state index in [1.54, 1.807) is 0 Å². The molecule has 1 N–H and O–H groups in total. The van der Waals surface area contributed by atoms with Gasteiger partial charge in [-0.25, -0.2) is 4.79 Å². The first kappa shape index (κ1) is 23.3. The van der Waals surface area contributed by atoms with Gasteiger partial charge in [-0.3, -0.25) is 9.47 Å². The summed E-state index contributed by atoms with van der Waals surface area (Å²) in [6.45, 7) is 2.09. The average Bonchev–Trinajstić information content (AvgIpc) is 3.07. The van der Waals surface area contributed by atoms with Crippen LogP contribution in [0.15, 0.2) is 83.7 Å². The van der Waals surface area contributed by atoms with Crippen molar-refractivity contribution in [3.8, 4) is 0 Å². The molecule has 1 saturated carbocycles. The molecule has 2 heterocycles. The highest BCUT2D eigenvalue weighted by Crippen LogP contribution is 2.43. The zero-order chi connectivity index (χ0) is 24.4. The van der Waals surface area contributed by atoms with Gasteiger partial charge in [0, 0.05) is 24.7 Å². The maximum absolute atomic E-state index is 13.1. The maximum atomic E-state index is 13.1. The summed E-state index contributed by atoms with van der Waals surface area (Å²) in [6, 6.07) is 28.5. The van der Waals surface area contributed by atoms with Gasteiger partial charge in [-0.1, -0.05) is 92.4 Å². The number of nitrogens with one attached hydrogen (secondary N) is 1. The molecule has 1 aliphatic carbocycles. The number of nitrogens with zero attached hydrogens (tertiary/aromatic N) is 2. The fourth-order valence-corrected chi connectivity index (χ4v) is 6.88. The molecule has 4 aromatic rings. The van der Waals surface area contributed by atoms with Gasteiger partial charge >= 0.3 is 5.69 Å². The SMILES string of the molecule is O=c1[nH]c2cc(Cc3ccccc3)ccc2n1C1CCN(C2(c3ccccc3)CCCCCC2)CC1. The molecule has 36 heavy (non-hydrogen) atoms. The molecule has 186 valence electrons. The lowest BCUT2D eigenvalue weighted by Gasteiger charge is -2.47. The highest BCUT2D eigenvalue weighted by molar-refractivity contribution is 5.76. The first-order valence-corrected chi connectivity index (χ1v) is 13.8. The van der Waals surface area contributed by atoms with Crippen LogP contribution in [0.3, 0.4) is 0 Å². The normalized spacial score (nSPS) is 19.3. The Hall–Kier alpha value is -3.11. The number of aromatic nitrogens is 2. The number of aromatic amines is 1. The van der Waals surface area contributed by atoms with Crippen molar-refractivity contribution in [3.05, 3.63) is 106 Å². The van der Waals surface area contributed by atoms with Gasteiger partial charge in [0.05, 0.1) is 11.0 Å². The van der Waals surface area contributed by atoms with Crippen molar-refractivity contribution in [3.63, 3.8) is 0 Å². The smallest absolute Gasteiger partial charge is 0.306 e. The summed E-state index contributed by atoms with van der Waals surface area (Å²) >= 11 is 0. The number of fused-ring (bicyclic) bond motifs is 1. The van der Waals surface area contributed by atoms with Crippen LogP contribution in [0.25, 0.3) is 11.0 Å². The number of likely N-dealkylation sites (tertiary alicyclic amines) is 1. The van der Waals surface area contributed by atoms with Crippen LogP contribution in [0.1, 0.15) is 74.1 Å². The number of benzene rings is 3. The van der Waals surface area contributed by atoms with E-state index >= 15 is 0 Å². The van der Waals surface area contributed by atoms with Crippen LogP contribution < -0.4 is 5.69 Å². The van der Waals surface area contributed by atoms with Crippen molar-refractivity contribution in [1.82, 2.24) is 14.5 Å². The number of hydrogen-bond acceptors (Lipinski definition) is 2. The topological polar surface area (TPSA) is 41.0 Å². The predicted molar refractivity (Wildman–Crippen MR) is 147 cm³/mol. The van der Waals surface area contributed by atoms with Gasteiger partial charge in [-0.2, -0.15) is 0 Å². The molecule has 0 radical (unpaired) electrons. The fraction of sp³-hybridized carbons (Fsp3) is 0.406. The van der Waals surface area contributed by atoms with Crippen molar-refractivity contribution in [1.29, 1.82) is 0 Å². The van der Waals surface area contributed by atoms with Crippen LogP contribution in [-0.4, -0.2) is 27.5 Å². The van der Waals surface area contributed by atoms with Crippen LogP contribution in [0.5, 0.6) is 0 Å². The van der Waals surface area contributed by atoms with E-state index < -0.39 is 0 Å². The van der Waals surface area contributed by atoms with E-state index in [-0.39, 0.29) is 17.3 Å². The lowest BCUT2D eigenvalue weighted by molar-refractivity contribution is 0.0356. The first-order chi connectivity index (χ1) is 17.7. The van der Waals surface area contributed by atoms with Gasteiger partial charge < -0.3 is 4.98 Å². The number of rotatable bonds is 5. The summed E-state index contributed by atoms with van der Waals surface area (Å²) in [6.07, 6.45) is 10.7. The standard InChI is InChI=1S/C32H37N3O/c36-31-33-29-24-26(23-25-11-5-3-6-12-25)15-16-30(29)35(31)28-17-21-34(22-18-28)32(19-9-1-2-10-20-32)27-13-7-4-8-14-27/h3-8,11-16,24,28H,1-2,9-10,17-23H2,(H,33,36). The first-order valence-electron chi connectivity index (χ1n) is 13.8. The van der Waals surface area contributed by atoms with Gasteiger partial charge in [-0.05, 0) is 60.9 Å². The third-order valence-corrected chi connectivity index (χ3v) is 8.71. The number of imidazole rings is 1. The zero-order valence-corrected chi connectivity index (χ0v) is 21.2. The summed E-state index contributed by atoms with van der Waals surface area (Å²) in [5.41, 5.74) is 6.20. The second-order valence-corrected chi connectivity index (χ2v) is 10.8. The van der Waals surface area contributed by atoms with Crippen LogP contribution >= 0.6 is 0 Å². The third kappa shape index (κ3) is 4.43. The Kier molecular flexibility index (Phi) is 6.54. The quantitative estimate of drug-likeness (QED) is 0.320. The Balaban J connectivity index is 1.23.